The van der Waals surface area contributed by atoms with Crippen LogP contribution >= 0.6 is 23.1 Å². The number of carbonyl (C=O) groups excluding carboxylic acids is 1. The Morgan fingerprint density at radius 3 is 2.62 bits per heavy atom. The molecule has 29 heavy (non-hydrogen) atoms. The Kier molecular flexibility index (Phi) is 6.83. The molecule has 0 aliphatic heterocycles. The van der Waals surface area contributed by atoms with Gasteiger partial charge in [-0.1, -0.05) is 47.7 Å². The van der Waals surface area contributed by atoms with Crippen LogP contribution in [0.15, 0.2) is 58.0 Å². The third-order valence-electron chi connectivity index (χ3n) is 3.75. The number of benzene rings is 1. The number of aromatic nitrogens is 3. The predicted octanol–water partition coefficient (Wildman–Crippen LogP) is 3.19. The standard InChI is InChI=1S/C18H19N5O3S3/c1-3-27-18-22-21-17(28-18)20-16(24)12-23(14-8-6-13(2)7-9-14)29(25,26)15-5-4-10-19-11-15/h4-11H,3,12H2,1-2H3,(H,20,21,24). The molecule has 0 saturated carbocycles. The van der Waals surface area contributed by atoms with Crippen molar-refractivity contribution in [1.82, 2.24) is 15.2 Å². The van der Waals surface area contributed by atoms with Gasteiger partial charge in [-0.2, -0.15) is 0 Å². The summed E-state index contributed by atoms with van der Waals surface area (Å²) in [6.45, 7) is 3.49. The van der Waals surface area contributed by atoms with Crippen LogP contribution in [0, 0.1) is 6.92 Å². The maximum absolute atomic E-state index is 13.2. The monoisotopic (exact) mass is 449 g/mol. The van der Waals surface area contributed by atoms with Crippen molar-refractivity contribution in [3.63, 3.8) is 0 Å². The largest absolute Gasteiger partial charge is 0.299 e. The third kappa shape index (κ3) is 5.31. The molecule has 11 heteroatoms. The highest BCUT2D eigenvalue weighted by Crippen LogP contribution is 2.26. The first-order chi connectivity index (χ1) is 13.9. The fourth-order valence-electron chi connectivity index (χ4n) is 2.38. The van der Waals surface area contributed by atoms with Crippen LogP contribution in [0.4, 0.5) is 10.8 Å². The summed E-state index contributed by atoms with van der Waals surface area (Å²) in [7, 11) is -3.98. The van der Waals surface area contributed by atoms with Crippen LogP contribution in [0.25, 0.3) is 0 Å². The maximum Gasteiger partial charge on any atom is 0.266 e. The molecule has 2 aromatic heterocycles. The molecule has 1 aromatic carbocycles. The highest BCUT2D eigenvalue weighted by Gasteiger charge is 2.27. The van der Waals surface area contributed by atoms with Gasteiger partial charge in [-0.15, -0.1) is 10.2 Å². The van der Waals surface area contributed by atoms with Crippen LogP contribution in [-0.4, -0.2) is 41.8 Å². The molecule has 0 unspecified atom stereocenters. The molecule has 0 bridgehead atoms. The summed E-state index contributed by atoms with van der Waals surface area (Å²) in [6.07, 6.45) is 2.75. The van der Waals surface area contributed by atoms with Gasteiger partial charge < -0.3 is 0 Å². The van der Waals surface area contributed by atoms with Crippen LogP contribution in [0.3, 0.4) is 0 Å². The molecule has 1 amide bonds. The second kappa shape index (κ2) is 9.33. The number of hydrogen-bond acceptors (Lipinski definition) is 8. The lowest BCUT2D eigenvalue weighted by Gasteiger charge is -2.23. The second-order valence-corrected chi connectivity index (χ2v) is 10.2. The quantitative estimate of drug-likeness (QED) is 0.416. The molecule has 3 rings (SSSR count). The van der Waals surface area contributed by atoms with Gasteiger partial charge in [0.05, 0.1) is 5.69 Å². The molecule has 0 atom stereocenters. The summed E-state index contributed by atoms with van der Waals surface area (Å²) in [5, 5.41) is 10.9. The topological polar surface area (TPSA) is 105 Å². The van der Waals surface area contributed by atoms with E-state index in [0.29, 0.717) is 10.8 Å². The average molecular weight is 450 g/mol. The minimum absolute atomic E-state index is 0.00548. The number of nitrogens with one attached hydrogen (secondary N) is 1. The number of rotatable bonds is 8. The molecule has 0 radical (unpaired) electrons. The van der Waals surface area contributed by atoms with E-state index in [1.807, 2.05) is 13.8 Å². The fraction of sp³-hybridized carbons (Fsp3) is 0.222. The van der Waals surface area contributed by atoms with Crippen molar-refractivity contribution in [3.8, 4) is 0 Å². The van der Waals surface area contributed by atoms with Crippen LogP contribution in [0.1, 0.15) is 12.5 Å². The van der Waals surface area contributed by atoms with Gasteiger partial charge in [0.2, 0.25) is 11.0 Å². The van der Waals surface area contributed by atoms with E-state index in [1.165, 1.54) is 47.6 Å². The number of anilines is 2. The van der Waals surface area contributed by atoms with E-state index in [0.717, 1.165) is 20.0 Å². The average Bonchev–Trinajstić information content (AvgIpc) is 3.14. The lowest BCUT2D eigenvalue weighted by Crippen LogP contribution is -2.38. The number of nitrogens with zero attached hydrogens (tertiary/aromatic N) is 4. The van der Waals surface area contributed by atoms with Crippen molar-refractivity contribution in [2.45, 2.75) is 23.1 Å². The van der Waals surface area contributed by atoms with E-state index < -0.39 is 22.5 Å². The first-order valence-corrected chi connectivity index (χ1v) is 11.9. The number of thioether (sulfide) groups is 1. The van der Waals surface area contributed by atoms with Gasteiger partial charge in [-0.3, -0.25) is 19.4 Å². The number of sulfonamides is 1. The lowest BCUT2D eigenvalue weighted by molar-refractivity contribution is -0.114. The SMILES string of the molecule is CCSc1nnc(NC(=O)CN(c2ccc(C)cc2)S(=O)(=O)c2cccnc2)s1. The Hall–Kier alpha value is -2.50. The molecule has 0 spiro atoms. The molecule has 8 nitrogen and oxygen atoms in total. The molecule has 0 aliphatic rings. The Morgan fingerprint density at radius 1 is 1.21 bits per heavy atom. The van der Waals surface area contributed by atoms with Crippen molar-refractivity contribution in [2.75, 3.05) is 21.9 Å². The van der Waals surface area contributed by atoms with Crippen molar-refractivity contribution in [3.05, 3.63) is 54.4 Å². The predicted molar refractivity (Wildman–Crippen MR) is 115 cm³/mol. The van der Waals surface area contributed by atoms with E-state index in [2.05, 4.69) is 20.5 Å². The van der Waals surface area contributed by atoms with Crippen LogP contribution in [0.2, 0.25) is 0 Å². The maximum atomic E-state index is 13.2. The first-order valence-electron chi connectivity index (χ1n) is 8.65. The number of amides is 1. The minimum Gasteiger partial charge on any atom is -0.299 e. The Labute approximate surface area is 177 Å². The molecule has 152 valence electrons. The van der Waals surface area contributed by atoms with Gasteiger partial charge >= 0.3 is 0 Å². The summed E-state index contributed by atoms with van der Waals surface area (Å²) < 4.78 is 28.1. The summed E-state index contributed by atoms with van der Waals surface area (Å²) in [6, 6.07) is 9.89. The van der Waals surface area contributed by atoms with Gasteiger partial charge in [0, 0.05) is 12.4 Å². The zero-order chi connectivity index (χ0) is 20.9. The summed E-state index contributed by atoms with van der Waals surface area (Å²) >= 11 is 2.76. The van der Waals surface area contributed by atoms with Gasteiger partial charge in [-0.05, 0) is 36.9 Å². The molecule has 3 aromatic rings. The van der Waals surface area contributed by atoms with Crippen molar-refractivity contribution < 1.29 is 13.2 Å². The van der Waals surface area contributed by atoms with Crippen molar-refractivity contribution in [1.29, 1.82) is 0 Å². The zero-order valence-corrected chi connectivity index (χ0v) is 18.2. The van der Waals surface area contributed by atoms with Gasteiger partial charge in [0.15, 0.2) is 4.34 Å². The Bertz CT molecular complexity index is 1070. The minimum atomic E-state index is -3.98. The Balaban J connectivity index is 1.87. The van der Waals surface area contributed by atoms with Crippen LogP contribution in [0.5, 0.6) is 0 Å². The third-order valence-corrected chi connectivity index (χ3v) is 7.36. The van der Waals surface area contributed by atoms with E-state index in [4.69, 9.17) is 0 Å². The van der Waals surface area contributed by atoms with Crippen molar-refractivity contribution >= 4 is 49.8 Å². The zero-order valence-electron chi connectivity index (χ0n) is 15.8. The van der Waals surface area contributed by atoms with E-state index in [1.54, 1.807) is 24.3 Å². The van der Waals surface area contributed by atoms with Gasteiger partial charge in [0.25, 0.3) is 10.0 Å². The summed E-state index contributed by atoms with van der Waals surface area (Å²) in [5.41, 5.74) is 1.36. The number of hydrogen-bond donors (Lipinski definition) is 1. The molecule has 0 saturated heterocycles. The summed E-state index contributed by atoms with van der Waals surface area (Å²) in [5.74, 6) is 0.329. The van der Waals surface area contributed by atoms with Gasteiger partial charge in [-0.25, -0.2) is 8.42 Å². The molecule has 2 heterocycles. The van der Waals surface area contributed by atoms with E-state index in [9.17, 15) is 13.2 Å². The normalized spacial score (nSPS) is 11.2. The van der Waals surface area contributed by atoms with E-state index >= 15 is 0 Å². The first kappa shape index (κ1) is 21.2. The fourth-order valence-corrected chi connectivity index (χ4v) is 5.43. The molecular weight excluding hydrogens is 430 g/mol. The van der Waals surface area contributed by atoms with Crippen LogP contribution < -0.4 is 9.62 Å². The molecule has 1 N–H and O–H groups in total. The highest BCUT2D eigenvalue weighted by molar-refractivity contribution is 8.01. The second-order valence-electron chi connectivity index (χ2n) is 5.89. The smallest absolute Gasteiger partial charge is 0.266 e. The van der Waals surface area contributed by atoms with E-state index in [-0.39, 0.29) is 4.90 Å². The van der Waals surface area contributed by atoms with Crippen LogP contribution in [-0.2, 0) is 14.8 Å². The Morgan fingerprint density at radius 2 is 1.97 bits per heavy atom. The molecule has 0 fully saturated rings. The number of carbonyl (C=O) groups is 1. The summed E-state index contributed by atoms with van der Waals surface area (Å²) in [4.78, 5) is 16.5. The van der Waals surface area contributed by atoms with Crippen molar-refractivity contribution in [2.24, 2.45) is 0 Å². The van der Waals surface area contributed by atoms with Gasteiger partial charge in [0.1, 0.15) is 11.4 Å². The number of pyridine rings is 1. The lowest BCUT2D eigenvalue weighted by atomic mass is 10.2. The number of aryl methyl sites for hydroxylation is 1. The molecule has 0 aliphatic carbocycles. The molecular formula is C18H19N5O3S3. The highest BCUT2D eigenvalue weighted by atomic mass is 32.2.